The molecular weight excluding hydrogens is 242 g/mol. The summed E-state index contributed by atoms with van der Waals surface area (Å²) in [7, 11) is 0. The van der Waals surface area contributed by atoms with Crippen molar-refractivity contribution in [1.29, 1.82) is 0 Å². The SMILES string of the molecule is C#CCOC(=O)C(N)Cc1ccc(OCC#C)cc1. The molecule has 0 aliphatic carbocycles. The van der Waals surface area contributed by atoms with E-state index in [2.05, 4.69) is 11.8 Å². The molecule has 1 aromatic rings. The van der Waals surface area contributed by atoms with E-state index in [0.29, 0.717) is 12.2 Å². The van der Waals surface area contributed by atoms with Crippen LogP contribution in [0.15, 0.2) is 24.3 Å². The third-order valence-corrected chi connectivity index (χ3v) is 2.30. The molecule has 0 fully saturated rings. The molecule has 1 rings (SSSR count). The molecule has 0 amide bonds. The summed E-state index contributed by atoms with van der Waals surface area (Å²) in [5.41, 5.74) is 6.61. The van der Waals surface area contributed by atoms with Gasteiger partial charge < -0.3 is 15.2 Å². The van der Waals surface area contributed by atoms with Crippen LogP contribution in [0.25, 0.3) is 0 Å². The fourth-order valence-electron chi connectivity index (χ4n) is 1.40. The molecule has 0 aliphatic heterocycles. The van der Waals surface area contributed by atoms with Gasteiger partial charge in [0.25, 0.3) is 0 Å². The Kier molecular flexibility index (Phi) is 6.02. The molecular formula is C15H15NO3. The molecule has 4 nitrogen and oxygen atoms in total. The number of hydrogen-bond donors (Lipinski definition) is 1. The van der Waals surface area contributed by atoms with Crippen molar-refractivity contribution in [1.82, 2.24) is 0 Å². The van der Waals surface area contributed by atoms with Crippen LogP contribution >= 0.6 is 0 Å². The van der Waals surface area contributed by atoms with E-state index in [1.807, 2.05) is 12.1 Å². The van der Waals surface area contributed by atoms with Gasteiger partial charge in [0.2, 0.25) is 0 Å². The Hall–Kier alpha value is -2.43. The summed E-state index contributed by atoms with van der Waals surface area (Å²) in [5.74, 6) is 4.75. The average Bonchev–Trinajstić information content (AvgIpc) is 2.43. The molecule has 0 aromatic heterocycles. The Balaban J connectivity index is 2.51. The monoisotopic (exact) mass is 257 g/mol. The molecule has 1 atom stereocenters. The molecule has 0 spiro atoms. The second-order valence-corrected chi connectivity index (χ2v) is 3.76. The molecule has 98 valence electrons. The maximum Gasteiger partial charge on any atom is 0.324 e. The van der Waals surface area contributed by atoms with Crippen LogP contribution in [0.1, 0.15) is 5.56 Å². The summed E-state index contributed by atoms with van der Waals surface area (Å²) >= 11 is 0. The molecule has 0 saturated carbocycles. The van der Waals surface area contributed by atoms with Crippen molar-refractivity contribution >= 4 is 5.97 Å². The van der Waals surface area contributed by atoms with Crippen LogP contribution in [-0.2, 0) is 16.0 Å². The minimum Gasteiger partial charge on any atom is -0.481 e. The maximum atomic E-state index is 11.4. The second kappa shape index (κ2) is 7.81. The molecule has 1 aromatic carbocycles. The first-order valence-corrected chi connectivity index (χ1v) is 5.68. The third kappa shape index (κ3) is 5.16. The van der Waals surface area contributed by atoms with E-state index in [1.54, 1.807) is 12.1 Å². The average molecular weight is 257 g/mol. The van der Waals surface area contributed by atoms with E-state index < -0.39 is 12.0 Å². The van der Waals surface area contributed by atoms with Crippen LogP contribution in [0.3, 0.4) is 0 Å². The van der Waals surface area contributed by atoms with Crippen LogP contribution < -0.4 is 10.5 Å². The zero-order valence-electron chi connectivity index (χ0n) is 10.5. The largest absolute Gasteiger partial charge is 0.481 e. The number of hydrogen-bond acceptors (Lipinski definition) is 4. The first-order valence-electron chi connectivity index (χ1n) is 5.68. The number of benzene rings is 1. The predicted octanol–water partition coefficient (Wildman–Crippen LogP) is 0.745. The smallest absolute Gasteiger partial charge is 0.324 e. The van der Waals surface area contributed by atoms with E-state index in [0.717, 1.165) is 5.56 Å². The number of nitrogens with two attached hydrogens (primary N) is 1. The highest BCUT2D eigenvalue weighted by Crippen LogP contribution is 2.13. The Morgan fingerprint density at radius 2 is 1.84 bits per heavy atom. The molecule has 0 radical (unpaired) electrons. The van der Waals surface area contributed by atoms with Crippen LogP contribution in [0.4, 0.5) is 0 Å². The van der Waals surface area contributed by atoms with Crippen molar-refractivity contribution in [3.8, 4) is 30.4 Å². The van der Waals surface area contributed by atoms with E-state index in [-0.39, 0.29) is 13.2 Å². The van der Waals surface area contributed by atoms with Crippen LogP contribution in [0.5, 0.6) is 5.75 Å². The van der Waals surface area contributed by atoms with Crippen molar-refractivity contribution in [3.63, 3.8) is 0 Å². The van der Waals surface area contributed by atoms with Gasteiger partial charge in [0.15, 0.2) is 6.61 Å². The van der Waals surface area contributed by atoms with Crippen LogP contribution in [-0.4, -0.2) is 25.2 Å². The summed E-state index contributed by atoms with van der Waals surface area (Å²) in [4.78, 5) is 11.4. The number of carbonyl (C=O) groups is 1. The maximum absolute atomic E-state index is 11.4. The van der Waals surface area contributed by atoms with Crippen LogP contribution in [0, 0.1) is 24.7 Å². The molecule has 0 heterocycles. The number of rotatable bonds is 6. The van der Waals surface area contributed by atoms with Crippen molar-refractivity contribution < 1.29 is 14.3 Å². The fraction of sp³-hybridized carbons (Fsp3) is 0.267. The van der Waals surface area contributed by atoms with Crippen molar-refractivity contribution in [2.24, 2.45) is 5.73 Å². The Labute approximate surface area is 112 Å². The van der Waals surface area contributed by atoms with Gasteiger partial charge in [-0.1, -0.05) is 24.0 Å². The highest BCUT2D eigenvalue weighted by molar-refractivity contribution is 5.76. The van der Waals surface area contributed by atoms with Gasteiger partial charge in [-0.2, -0.15) is 0 Å². The normalized spacial score (nSPS) is 10.9. The molecule has 0 saturated heterocycles. The van der Waals surface area contributed by atoms with Crippen molar-refractivity contribution in [2.45, 2.75) is 12.5 Å². The van der Waals surface area contributed by atoms with E-state index in [4.69, 9.17) is 28.1 Å². The van der Waals surface area contributed by atoms with Gasteiger partial charge in [-0.3, -0.25) is 4.79 Å². The fourth-order valence-corrected chi connectivity index (χ4v) is 1.40. The zero-order valence-corrected chi connectivity index (χ0v) is 10.5. The van der Waals surface area contributed by atoms with E-state index in [9.17, 15) is 4.79 Å². The van der Waals surface area contributed by atoms with E-state index in [1.165, 1.54) is 0 Å². The highest BCUT2D eigenvalue weighted by atomic mass is 16.5. The van der Waals surface area contributed by atoms with Gasteiger partial charge in [0, 0.05) is 0 Å². The van der Waals surface area contributed by atoms with Gasteiger partial charge in [0.05, 0.1) is 0 Å². The Morgan fingerprint density at radius 1 is 1.21 bits per heavy atom. The molecule has 0 aliphatic rings. The van der Waals surface area contributed by atoms with Crippen molar-refractivity contribution in [2.75, 3.05) is 13.2 Å². The van der Waals surface area contributed by atoms with Gasteiger partial charge in [-0.15, -0.1) is 12.8 Å². The lowest BCUT2D eigenvalue weighted by molar-refractivity contribution is -0.143. The summed E-state index contributed by atoms with van der Waals surface area (Å²) in [5, 5.41) is 0. The van der Waals surface area contributed by atoms with E-state index >= 15 is 0 Å². The van der Waals surface area contributed by atoms with Gasteiger partial charge in [-0.25, -0.2) is 0 Å². The van der Waals surface area contributed by atoms with Crippen LogP contribution in [0.2, 0.25) is 0 Å². The standard InChI is InChI=1S/C15H15NO3/c1-3-9-18-13-7-5-12(6-8-13)11-14(16)15(17)19-10-4-2/h1-2,5-8,14H,9-11,16H2. The Morgan fingerprint density at radius 3 is 2.42 bits per heavy atom. The summed E-state index contributed by atoms with van der Waals surface area (Å²) in [6.07, 6.45) is 10.5. The quantitative estimate of drug-likeness (QED) is 0.603. The second-order valence-electron chi connectivity index (χ2n) is 3.76. The highest BCUT2D eigenvalue weighted by Gasteiger charge is 2.15. The Bertz CT molecular complexity index is 494. The molecule has 19 heavy (non-hydrogen) atoms. The minimum atomic E-state index is -0.731. The topological polar surface area (TPSA) is 61.5 Å². The van der Waals surface area contributed by atoms with Crippen molar-refractivity contribution in [3.05, 3.63) is 29.8 Å². The number of esters is 1. The zero-order chi connectivity index (χ0) is 14.1. The van der Waals surface area contributed by atoms with Gasteiger partial charge in [-0.05, 0) is 24.1 Å². The predicted molar refractivity (Wildman–Crippen MR) is 72.2 cm³/mol. The number of terminal acetylenes is 2. The van der Waals surface area contributed by atoms with Gasteiger partial charge in [0.1, 0.15) is 18.4 Å². The molecule has 2 N–H and O–H groups in total. The molecule has 4 heteroatoms. The number of carbonyl (C=O) groups excluding carboxylic acids is 1. The lowest BCUT2D eigenvalue weighted by Gasteiger charge is -2.10. The number of ether oxygens (including phenoxy) is 2. The first kappa shape index (κ1) is 14.6. The lowest BCUT2D eigenvalue weighted by atomic mass is 10.1. The molecule has 0 bridgehead atoms. The summed E-state index contributed by atoms with van der Waals surface area (Å²) in [6.45, 7) is 0.155. The lowest BCUT2D eigenvalue weighted by Crippen LogP contribution is -2.34. The minimum absolute atomic E-state index is 0.0641. The van der Waals surface area contributed by atoms with Gasteiger partial charge >= 0.3 is 5.97 Å². The molecule has 1 unspecified atom stereocenters. The third-order valence-electron chi connectivity index (χ3n) is 2.30. The summed E-state index contributed by atoms with van der Waals surface area (Å²) < 4.78 is 9.99. The summed E-state index contributed by atoms with van der Waals surface area (Å²) in [6, 6.07) is 6.45. The first-order chi connectivity index (χ1) is 9.17.